The van der Waals surface area contributed by atoms with Gasteiger partial charge in [-0.25, -0.2) is 4.79 Å². The van der Waals surface area contributed by atoms with Gasteiger partial charge in [0, 0.05) is 18.3 Å². The van der Waals surface area contributed by atoms with E-state index in [0.29, 0.717) is 12.0 Å². The second-order valence-electron chi connectivity index (χ2n) is 5.82. The summed E-state index contributed by atoms with van der Waals surface area (Å²) < 4.78 is 6.25. The van der Waals surface area contributed by atoms with Gasteiger partial charge in [-0.3, -0.25) is 19.1 Å². The fourth-order valence-corrected chi connectivity index (χ4v) is 1.51. The standard InChI is InChI=1S/C14H20N2O4/c1-10-9-16(13(19)15-12(10)18)6-5-7-20-11(17)8-14(2,3)4/h5,7,9H,6,8H2,1-4H3,(H,15,18,19)/b7-5-. The van der Waals surface area contributed by atoms with Crippen molar-refractivity contribution >= 4 is 5.97 Å². The fourth-order valence-electron chi connectivity index (χ4n) is 1.51. The highest BCUT2D eigenvalue weighted by molar-refractivity contribution is 5.70. The third kappa shape index (κ3) is 5.26. The molecule has 0 saturated heterocycles. The lowest BCUT2D eigenvalue weighted by molar-refractivity contribution is -0.140. The number of nitrogens with one attached hydrogen (secondary N) is 1. The number of carbonyl (C=O) groups is 1. The monoisotopic (exact) mass is 280 g/mol. The van der Waals surface area contributed by atoms with Crippen LogP contribution in [-0.4, -0.2) is 15.5 Å². The van der Waals surface area contributed by atoms with E-state index in [4.69, 9.17) is 4.74 Å². The van der Waals surface area contributed by atoms with Crippen LogP contribution in [0.4, 0.5) is 0 Å². The summed E-state index contributed by atoms with van der Waals surface area (Å²) in [6.07, 6.45) is 4.58. The van der Waals surface area contributed by atoms with Gasteiger partial charge in [-0.15, -0.1) is 0 Å². The number of hydrogen-bond acceptors (Lipinski definition) is 4. The van der Waals surface area contributed by atoms with Gasteiger partial charge < -0.3 is 4.74 Å². The minimum absolute atomic E-state index is 0.127. The molecule has 0 atom stereocenters. The maximum absolute atomic E-state index is 11.5. The molecule has 1 aromatic heterocycles. The number of aromatic amines is 1. The Morgan fingerprint density at radius 1 is 1.40 bits per heavy atom. The zero-order chi connectivity index (χ0) is 15.3. The van der Waals surface area contributed by atoms with Gasteiger partial charge in [0.15, 0.2) is 0 Å². The van der Waals surface area contributed by atoms with E-state index >= 15 is 0 Å². The summed E-state index contributed by atoms with van der Waals surface area (Å²) in [7, 11) is 0. The molecule has 0 aliphatic carbocycles. The Balaban J connectivity index is 2.58. The van der Waals surface area contributed by atoms with Crippen LogP contribution >= 0.6 is 0 Å². The highest BCUT2D eigenvalue weighted by atomic mass is 16.5. The van der Waals surface area contributed by atoms with Crippen molar-refractivity contribution in [3.05, 3.63) is 44.9 Å². The van der Waals surface area contributed by atoms with Crippen LogP contribution in [0.3, 0.4) is 0 Å². The molecule has 1 N–H and O–H groups in total. The number of aryl methyl sites for hydroxylation is 1. The first-order valence-electron chi connectivity index (χ1n) is 6.34. The maximum Gasteiger partial charge on any atom is 0.328 e. The Labute approximate surface area is 117 Å². The Hall–Kier alpha value is -2.11. The van der Waals surface area contributed by atoms with Gasteiger partial charge in [-0.05, 0) is 18.4 Å². The molecule has 6 nitrogen and oxygen atoms in total. The zero-order valence-electron chi connectivity index (χ0n) is 12.2. The molecule has 1 heterocycles. The van der Waals surface area contributed by atoms with Crippen molar-refractivity contribution in [1.29, 1.82) is 0 Å². The number of esters is 1. The molecule has 0 bridgehead atoms. The van der Waals surface area contributed by atoms with Crippen LogP contribution in [0.1, 0.15) is 32.8 Å². The molecular formula is C14H20N2O4. The Bertz CT molecular complexity index is 617. The van der Waals surface area contributed by atoms with Crippen molar-refractivity contribution in [2.75, 3.05) is 0 Å². The molecular weight excluding hydrogens is 260 g/mol. The minimum atomic E-state index is -0.494. The normalized spacial score (nSPS) is 11.8. The first kappa shape index (κ1) is 15.9. The van der Waals surface area contributed by atoms with Crippen LogP contribution in [0.25, 0.3) is 0 Å². The first-order valence-corrected chi connectivity index (χ1v) is 6.34. The van der Waals surface area contributed by atoms with Gasteiger partial charge in [0.2, 0.25) is 0 Å². The quantitative estimate of drug-likeness (QED) is 0.666. The van der Waals surface area contributed by atoms with Gasteiger partial charge in [0.25, 0.3) is 5.56 Å². The van der Waals surface area contributed by atoms with E-state index in [-0.39, 0.29) is 17.9 Å². The molecule has 0 aromatic carbocycles. The number of hydrogen-bond donors (Lipinski definition) is 1. The van der Waals surface area contributed by atoms with Crippen molar-refractivity contribution in [2.45, 2.75) is 40.7 Å². The summed E-state index contributed by atoms with van der Waals surface area (Å²) in [6, 6.07) is 0. The average Bonchev–Trinajstić information content (AvgIpc) is 2.28. The smallest absolute Gasteiger partial charge is 0.328 e. The van der Waals surface area contributed by atoms with Crippen LogP contribution in [-0.2, 0) is 16.1 Å². The van der Waals surface area contributed by atoms with E-state index in [0.717, 1.165) is 0 Å². The Morgan fingerprint density at radius 2 is 2.05 bits per heavy atom. The molecule has 110 valence electrons. The van der Waals surface area contributed by atoms with Gasteiger partial charge in [0.1, 0.15) is 0 Å². The zero-order valence-corrected chi connectivity index (χ0v) is 12.2. The van der Waals surface area contributed by atoms with Crippen molar-refractivity contribution in [3.63, 3.8) is 0 Å². The van der Waals surface area contributed by atoms with E-state index in [1.54, 1.807) is 13.0 Å². The highest BCUT2D eigenvalue weighted by Gasteiger charge is 2.16. The minimum Gasteiger partial charge on any atom is -0.435 e. The number of allylic oxidation sites excluding steroid dienone is 1. The van der Waals surface area contributed by atoms with Crippen molar-refractivity contribution in [3.8, 4) is 0 Å². The molecule has 0 spiro atoms. The van der Waals surface area contributed by atoms with E-state index in [9.17, 15) is 14.4 Å². The number of carbonyl (C=O) groups excluding carboxylic acids is 1. The molecule has 6 heteroatoms. The lowest BCUT2D eigenvalue weighted by Crippen LogP contribution is -2.30. The summed E-state index contributed by atoms with van der Waals surface area (Å²) in [5.74, 6) is -0.321. The van der Waals surface area contributed by atoms with Crippen LogP contribution < -0.4 is 11.2 Å². The number of rotatable bonds is 4. The predicted molar refractivity (Wildman–Crippen MR) is 75.4 cm³/mol. The van der Waals surface area contributed by atoms with E-state index < -0.39 is 11.2 Å². The molecule has 0 unspecified atom stereocenters. The van der Waals surface area contributed by atoms with E-state index in [1.165, 1.54) is 17.0 Å². The summed E-state index contributed by atoms with van der Waals surface area (Å²) in [4.78, 5) is 36.3. The summed E-state index contributed by atoms with van der Waals surface area (Å²) in [6.45, 7) is 7.67. The number of aromatic nitrogens is 2. The van der Waals surface area contributed by atoms with Gasteiger partial charge >= 0.3 is 11.7 Å². The lowest BCUT2D eigenvalue weighted by Gasteiger charge is -2.15. The van der Waals surface area contributed by atoms with E-state index in [2.05, 4.69) is 4.98 Å². The van der Waals surface area contributed by atoms with Gasteiger partial charge in [-0.1, -0.05) is 20.8 Å². The Kier molecular flexibility index (Phi) is 5.07. The highest BCUT2D eigenvalue weighted by Crippen LogP contribution is 2.18. The van der Waals surface area contributed by atoms with Crippen molar-refractivity contribution in [1.82, 2.24) is 9.55 Å². The average molecular weight is 280 g/mol. The van der Waals surface area contributed by atoms with Gasteiger partial charge in [-0.2, -0.15) is 0 Å². The van der Waals surface area contributed by atoms with Crippen molar-refractivity contribution in [2.24, 2.45) is 5.41 Å². The number of ether oxygens (including phenoxy) is 1. The van der Waals surface area contributed by atoms with Crippen LogP contribution in [0.5, 0.6) is 0 Å². The SMILES string of the molecule is Cc1cn(C/C=C\OC(=O)CC(C)(C)C)c(=O)[nH]c1=O. The molecule has 1 aromatic rings. The Morgan fingerprint density at radius 3 is 2.65 bits per heavy atom. The third-order valence-electron chi connectivity index (χ3n) is 2.46. The van der Waals surface area contributed by atoms with Crippen LogP contribution in [0.15, 0.2) is 28.1 Å². The molecule has 0 aliphatic rings. The number of H-pyrrole nitrogens is 1. The third-order valence-corrected chi connectivity index (χ3v) is 2.46. The molecule has 0 aliphatic heterocycles. The molecule has 0 fully saturated rings. The first-order chi connectivity index (χ1) is 9.19. The van der Waals surface area contributed by atoms with Crippen LogP contribution in [0, 0.1) is 12.3 Å². The van der Waals surface area contributed by atoms with E-state index in [1.807, 2.05) is 20.8 Å². The largest absolute Gasteiger partial charge is 0.435 e. The second-order valence-corrected chi connectivity index (χ2v) is 5.82. The molecule has 0 amide bonds. The fraction of sp³-hybridized carbons (Fsp3) is 0.500. The molecule has 0 radical (unpaired) electrons. The lowest BCUT2D eigenvalue weighted by atomic mass is 9.93. The summed E-state index contributed by atoms with van der Waals surface area (Å²) >= 11 is 0. The topological polar surface area (TPSA) is 81.2 Å². The summed E-state index contributed by atoms with van der Waals surface area (Å²) in [5, 5.41) is 0. The van der Waals surface area contributed by atoms with Gasteiger partial charge in [0.05, 0.1) is 12.7 Å². The predicted octanol–water partition coefficient (Wildman–Crippen LogP) is 1.34. The maximum atomic E-state index is 11.5. The molecule has 1 rings (SSSR count). The molecule has 20 heavy (non-hydrogen) atoms. The molecule has 0 saturated carbocycles. The van der Waals surface area contributed by atoms with Crippen molar-refractivity contribution < 1.29 is 9.53 Å². The second kappa shape index (κ2) is 6.36. The summed E-state index contributed by atoms with van der Waals surface area (Å²) in [5.41, 5.74) is -0.571. The van der Waals surface area contributed by atoms with Crippen LogP contribution in [0.2, 0.25) is 0 Å². The number of nitrogens with zero attached hydrogens (tertiary/aromatic N) is 1.